The number of carbonyl (C=O) groups is 2. The Morgan fingerprint density at radius 3 is 2.46 bits per heavy atom. The van der Waals surface area contributed by atoms with Crippen molar-refractivity contribution >= 4 is 46.5 Å². The number of rotatable bonds is 7. The number of amides is 2. The molecular weight excluding hydrogens is 535 g/mol. The first-order valence-corrected chi connectivity index (χ1v) is 14.5. The third kappa shape index (κ3) is 4.62. The molecule has 2 amide bonds. The number of nitrogens with one attached hydrogen (secondary N) is 1. The zero-order valence-corrected chi connectivity index (χ0v) is 23.5. The van der Waals surface area contributed by atoms with Crippen LogP contribution in [0.4, 0.5) is 11.5 Å². The molecule has 0 aliphatic carbocycles. The normalized spacial score (nSPS) is 21.7. The van der Waals surface area contributed by atoms with Crippen molar-refractivity contribution in [2.24, 2.45) is 0 Å². The van der Waals surface area contributed by atoms with E-state index in [0.717, 1.165) is 49.3 Å². The lowest BCUT2D eigenvalue weighted by Gasteiger charge is -2.31. The van der Waals surface area contributed by atoms with Gasteiger partial charge in [0.15, 0.2) is 5.82 Å². The van der Waals surface area contributed by atoms with Crippen LogP contribution in [-0.2, 0) is 15.0 Å². The Balaban J connectivity index is 1.33. The van der Waals surface area contributed by atoms with Gasteiger partial charge in [-0.15, -0.1) is 5.10 Å². The Morgan fingerprint density at radius 2 is 1.69 bits per heavy atom. The Kier molecular flexibility index (Phi) is 7.12. The summed E-state index contributed by atoms with van der Waals surface area (Å²) in [5.74, 6) is 0.0561. The van der Waals surface area contributed by atoms with E-state index in [1.807, 2.05) is 48.2 Å². The van der Waals surface area contributed by atoms with Crippen LogP contribution in [0.1, 0.15) is 68.3 Å². The smallest absolute Gasteiger partial charge is 0.244 e. The van der Waals surface area contributed by atoms with Crippen LogP contribution in [-0.4, -0.2) is 57.9 Å². The molecule has 1 saturated heterocycles. The Morgan fingerprint density at radius 1 is 0.974 bits per heavy atom. The minimum atomic E-state index is -1.26. The van der Waals surface area contributed by atoms with Gasteiger partial charge >= 0.3 is 0 Å². The summed E-state index contributed by atoms with van der Waals surface area (Å²) >= 11 is 12.5. The number of nitrogens with zero attached hydrogens (tertiary/aromatic N) is 5. The zero-order valence-electron chi connectivity index (χ0n) is 22.0. The predicted molar refractivity (Wildman–Crippen MR) is 153 cm³/mol. The molecule has 0 unspecified atom stereocenters. The number of piperidine rings is 1. The lowest BCUT2D eigenvalue weighted by Crippen LogP contribution is -2.47. The Labute approximate surface area is 238 Å². The number of fused-ring (bicyclic) bond motifs is 4. The number of anilines is 2. The molecule has 2 atom stereocenters. The van der Waals surface area contributed by atoms with Crippen molar-refractivity contribution in [3.8, 4) is 0 Å². The summed E-state index contributed by atoms with van der Waals surface area (Å²) in [5.41, 5.74) is 1.68. The van der Waals surface area contributed by atoms with E-state index in [4.69, 9.17) is 23.2 Å². The average Bonchev–Trinajstić information content (AvgIpc) is 3.45. The lowest BCUT2D eigenvalue weighted by molar-refractivity contribution is -0.126. The van der Waals surface area contributed by atoms with Crippen molar-refractivity contribution in [1.29, 1.82) is 0 Å². The molecule has 8 nitrogen and oxygen atoms in total. The van der Waals surface area contributed by atoms with E-state index in [-0.39, 0.29) is 24.3 Å². The van der Waals surface area contributed by atoms with Crippen LogP contribution in [0.3, 0.4) is 0 Å². The topological polar surface area (TPSA) is 83.4 Å². The van der Waals surface area contributed by atoms with Gasteiger partial charge in [0.25, 0.3) is 0 Å². The van der Waals surface area contributed by atoms with Crippen LogP contribution in [0.2, 0.25) is 10.0 Å². The Bertz CT molecular complexity index is 1400. The molecule has 0 radical (unpaired) electrons. The van der Waals surface area contributed by atoms with Crippen molar-refractivity contribution in [2.75, 3.05) is 36.4 Å². The second kappa shape index (κ2) is 10.6. The molecule has 2 aromatic carbocycles. The third-order valence-electron chi connectivity index (χ3n) is 8.38. The molecule has 204 valence electrons. The average molecular weight is 568 g/mol. The maximum atomic E-state index is 14.3. The standard InChI is InChI=1S/C29H32Cl2N6O2/c1-19(20-7-9-21(30)10-8-20)37-27-26(33-34-37)29(18-25(38)32-27)23-17-22(31)11-12-24(23)36(28(29)39)16-6-5-15-35-13-3-2-4-14-35/h7-12,17,19H,2-6,13-16,18H2,1H3,(H,32,38)/t19-,29+/m0/s1. The van der Waals surface area contributed by atoms with E-state index in [9.17, 15) is 9.59 Å². The molecular formula is C29H32Cl2N6O2. The SMILES string of the molecule is C[C@@H](c1ccc(Cl)cc1)n1nnc2c1NC(=O)C[C@]21C(=O)N(CCCCN2CCCCC2)c2ccc(Cl)cc21. The number of aromatic nitrogens is 3. The summed E-state index contributed by atoms with van der Waals surface area (Å²) < 4.78 is 1.68. The lowest BCUT2D eigenvalue weighted by atomic mass is 9.73. The van der Waals surface area contributed by atoms with Gasteiger partial charge in [-0.1, -0.05) is 47.0 Å². The highest BCUT2D eigenvalue weighted by Gasteiger charge is 2.58. The molecule has 6 rings (SSSR count). The van der Waals surface area contributed by atoms with Crippen molar-refractivity contribution < 1.29 is 9.59 Å². The molecule has 1 spiro atoms. The predicted octanol–water partition coefficient (Wildman–Crippen LogP) is 5.44. The molecule has 1 fully saturated rings. The molecule has 0 saturated carbocycles. The molecule has 0 bridgehead atoms. The second-order valence-electron chi connectivity index (χ2n) is 10.8. The minimum Gasteiger partial charge on any atom is -0.311 e. The van der Waals surface area contributed by atoms with Crippen molar-refractivity contribution in [2.45, 2.75) is 56.9 Å². The highest BCUT2D eigenvalue weighted by molar-refractivity contribution is 6.31. The van der Waals surface area contributed by atoms with E-state index in [0.29, 0.717) is 28.1 Å². The number of hydrogen-bond acceptors (Lipinski definition) is 5. The summed E-state index contributed by atoms with van der Waals surface area (Å²) in [5, 5.41) is 13.1. The first kappa shape index (κ1) is 26.3. The summed E-state index contributed by atoms with van der Waals surface area (Å²) in [6.07, 6.45) is 5.70. The monoisotopic (exact) mass is 566 g/mol. The number of carbonyl (C=O) groups excluding carboxylic acids is 2. The second-order valence-corrected chi connectivity index (χ2v) is 11.7. The summed E-state index contributed by atoms with van der Waals surface area (Å²) in [7, 11) is 0. The fourth-order valence-corrected chi connectivity index (χ4v) is 6.60. The minimum absolute atomic E-state index is 0.0372. The van der Waals surface area contributed by atoms with Gasteiger partial charge in [0.2, 0.25) is 11.8 Å². The molecule has 10 heteroatoms. The van der Waals surface area contributed by atoms with Gasteiger partial charge in [0, 0.05) is 22.3 Å². The van der Waals surface area contributed by atoms with E-state index in [1.165, 1.54) is 19.3 Å². The van der Waals surface area contributed by atoms with Crippen LogP contribution >= 0.6 is 23.2 Å². The molecule has 3 aliphatic rings. The molecule has 3 aromatic rings. The first-order chi connectivity index (χ1) is 18.9. The number of hydrogen-bond donors (Lipinski definition) is 1. The van der Waals surface area contributed by atoms with Gasteiger partial charge < -0.3 is 15.1 Å². The van der Waals surface area contributed by atoms with Crippen molar-refractivity contribution in [3.63, 3.8) is 0 Å². The van der Waals surface area contributed by atoms with E-state index < -0.39 is 5.41 Å². The maximum Gasteiger partial charge on any atom is 0.244 e. The number of halogens is 2. The summed E-state index contributed by atoms with van der Waals surface area (Å²) in [6, 6.07) is 12.7. The van der Waals surface area contributed by atoms with Gasteiger partial charge in [-0.05, 0) is 93.7 Å². The number of unbranched alkanes of at least 4 members (excludes halogenated alkanes) is 1. The highest BCUT2D eigenvalue weighted by Crippen LogP contribution is 2.52. The van der Waals surface area contributed by atoms with Crippen LogP contribution in [0.25, 0.3) is 0 Å². The van der Waals surface area contributed by atoms with Crippen LogP contribution in [0.5, 0.6) is 0 Å². The van der Waals surface area contributed by atoms with Crippen LogP contribution < -0.4 is 10.2 Å². The molecule has 39 heavy (non-hydrogen) atoms. The van der Waals surface area contributed by atoms with Crippen molar-refractivity contribution in [1.82, 2.24) is 19.9 Å². The molecule has 4 heterocycles. The van der Waals surface area contributed by atoms with E-state index >= 15 is 0 Å². The van der Waals surface area contributed by atoms with Gasteiger partial charge in [-0.3, -0.25) is 9.59 Å². The number of benzene rings is 2. The molecule has 1 N–H and O–H groups in total. The summed E-state index contributed by atoms with van der Waals surface area (Å²) in [4.78, 5) is 31.9. The Hall–Kier alpha value is -2.94. The molecule has 1 aromatic heterocycles. The van der Waals surface area contributed by atoms with Crippen molar-refractivity contribution in [3.05, 3.63) is 69.3 Å². The first-order valence-electron chi connectivity index (χ1n) is 13.7. The summed E-state index contributed by atoms with van der Waals surface area (Å²) in [6.45, 7) is 5.92. The van der Waals surface area contributed by atoms with Gasteiger partial charge in [0.05, 0.1) is 12.5 Å². The largest absolute Gasteiger partial charge is 0.311 e. The van der Waals surface area contributed by atoms with Gasteiger partial charge in [-0.25, -0.2) is 4.68 Å². The quantitative estimate of drug-likeness (QED) is 0.385. The van der Waals surface area contributed by atoms with Gasteiger partial charge in [-0.2, -0.15) is 0 Å². The fraction of sp³-hybridized carbons (Fsp3) is 0.448. The van der Waals surface area contributed by atoms with Gasteiger partial charge in [0.1, 0.15) is 11.1 Å². The van der Waals surface area contributed by atoms with Crippen LogP contribution in [0.15, 0.2) is 42.5 Å². The highest BCUT2D eigenvalue weighted by atomic mass is 35.5. The zero-order chi connectivity index (χ0) is 27.1. The third-order valence-corrected chi connectivity index (χ3v) is 8.86. The number of likely N-dealkylation sites (tertiary alicyclic amines) is 1. The van der Waals surface area contributed by atoms with Crippen LogP contribution in [0, 0.1) is 0 Å². The van der Waals surface area contributed by atoms with E-state index in [2.05, 4.69) is 20.5 Å². The maximum absolute atomic E-state index is 14.3. The fourth-order valence-electron chi connectivity index (χ4n) is 6.30. The molecule has 3 aliphatic heterocycles. The van der Waals surface area contributed by atoms with E-state index in [1.54, 1.807) is 10.7 Å².